The monoisotopic (exact) mass is 406 g/mol. The molecule has 0 amide bonds. The van der Waals surface area contributed by atoms with Crippen molar-refractivity contribution in [3.8, 4) is 5.75 Å². The van der Waals surface area contributed by atoms with Crippen molar-refractivity contribution >= 4 is 40.8 Å². The van der Waals surface area contributed by atoms with E-state index in [0.29, 0.717) is 39.9 Å². The van der Waals surface area contributed by atoms with Crippen LogP contribution in [0.3, 0.4) is 0 Å². The van der Waals surface area contributed by atoms with Gasteiger partial charge in [-0.25, -0.2) is 0 Å². The topological polar surface area (TPSA) is 48.9 Å². The summed E-state index contributed by atoms with van der Waals surface area (Å²) in [5.74, 6) is 1.87. The molecule has 1 aliphatic rings. The lowest BCUT2D eigenvalue weighted by Gasteiger charge is -2.30. The van der Waals surface area contributed by atoms with Crippen LogP contribution in [0.5, 0.6) is 5.75 Å². The van der Waals surface area contributed by atoms with Crippen LogP contribution in [0.15, 0.2) is 17.1 Å². The maximum atomic E-state index is 6.10. The standard InChI is InChI=1S/C17H25Cl3N4O/c1-21-17(23-10-12-4-3-6-24(2)11-12)22-5-7-25-16-14(19)8-13(18)9-15(16)20/h8-9,12H,3-7,10-11H2,1-2H3,(H2,21,22,23). The van der Waals surface area contributed by atoms with Crippen molar-refractivity contribution in [2.24, 2.45) is 10.9 Å². The van der Waals surface area contributed by atoms with Gasteiger partial charge in [-0.3, -0.25) is 4.99 Å². The smallest absolute Gasteiger partial charge is 0.191 e. The van der Waals surface area contributed by atoms with Gasteiger partial charge in [-0.15, -0.1) is 0 Å². The zero-order chi connectivity index (χ0) is 18.2. The molecule has 1 aromatic rings. The molecule has 0 radical (unpaired) electrons. The van der Waals surface area contributed by atoms with E-state index in [4.69, 9.17) is 39.5 Å². The molecule has 0 spiro atoms. The Labute approximate surface area is 164 Å². The van der Waals surface area contributed by atoms with E-state index in [1.165, 1.54) is 19.4 Å². The first-order valence-corrected chi connectivity index (χ1v) is 9.53. The molecular weight excluding hydrogens is 383 g/mol. The Hall–Kier alpha value is -0.880. The highest BCUT2D eigenvalue weighted by atomic mass is 35.5. The third-order valence-corrected chi connectivity index (χ3v) is 4.89. The number of hydrogen-bond acceptors (Lipinski definition) is 3. The fraction of sp³-hybridized carbons (Fsp3) is 0.588. The summed E-state index contributed by atoms with van der Waals surface area (Å²) >= 11 is 18.1. The lowest BCUT2D eigenvalue weighted by molar-refractivity contribution is 0.210. The molecule has 8 heteroatoms. The minimum atomic E-state index is 0.404. The summed E-state index contributed by atoms with van der Waals surface area (Å²) in [6, 6.07) is 3.22. The molecule has 1 saturated heterocycles. The van der Waals surface area contributed by atoms with Crippen LogP contribution in [0.2, 0.25) is 15.1 Å². The minimum Gasteiger partial charge on any atom is -0.489 e. The van der Waals surface area contributed by atoms with Crippen molar-refractivity contribution in [3.05, 3.63) is 27.2 Å². The fourth-order valence-corrected chi connectivity index (χ4v) is 3.82. The van der Waals surface area contributed by atoms with Gasteiger partial charge in [-0.2, -0.15) is 0 Å². The lowest BCUT2D eigenvalue weighted by atomic mass is 9.99. The Morgan fingerprint density at radius 3 is 2.64 bits per heavy atom. The number of benzene rings is 1. The molecule has 1 unspecified atom stereocenters. The molecule has 2 rings (SSSR count). The van der Waals surface area contributed by atoms with Crippen LogP contribution in [-0.2, 0) is 0 Å². The van der Waals surface area contributed by atoms with E-state index in [0.717, 1.165) is 19.0 Å². The molecular formula is C17H25Cl3N4O. The molecule has 1 aliphatic heterocycles. The average molecular weight is 408 g/mol. The summed E-state index contributed by atoms with van der Waals surface area (Å²) in [7, 11) is 3.93. The summed E-state index contributed by atoms with van der Waals surface area (Å²) in [6.45, 7) is 4.23. The highest BCUT2D eigenvalue weighted by Crippen LogP contribution is 2.35. The molecule has 1 fully saturated rings. The van der Waals surface area contributed by atoms with Crippen LogP contribution in [0.25, 0.3) is 0 Å². The van der Waals surface area contributed by atoms with Crippen LogP contribution in [0.1, 0.15) is 12.8 Å². The first-order chi connectivity index (χ1) is 12.0. The second-order valence-corrected chi connectivity index (χ2v) is 7.45. The van der Waals surface area contributed by atoms with Crippen LogP contribution in [0, 0.1) is 5.92 Å². The molecule has 0 aliphatic carbocycles. The summed E-state index contributed by atoms with van der Waals surface area (Å²) in [5.41, 5.74) is 0. The first-order valence-electron chi connectivity index (χ1n) is 8.40. The van der Waals surface area contributed by atoms with Crippen molar-refractivity contribution in [1.29, 1.82) is 0 Å². The number of rotatable bonds is 6. The number of nitrogens with one attached hydrogen (secondary N) is 2. The second kappa shape index (κ2) is 10.3. The van der Waals surface area contributed by atoms with Gasteiger partial charge >= 0.3 is 0 Å². The molecule has 140 valence electrons. The third-order valence-electron chi connectivity index (χ3n) is 4.11. The van der Waals surface area contributed by atoms with Crippen LogP contribution in [0.4, 0.5) is 0 Å². The van der Waals surface area contributed by atoms with Gasteiger partial charge in [0.05, 0.1) is 16.6 Å². The van der Waals surface area contributed by atoms with Gasteiger partial charge in [0, 0.05) is 25.2 Å². The van der Waals surface area contributed by atoms with E-state index >= 15 is 0 Å². The van der Waals surface area contributed by atoms with Crippen molar-refractivity contribution in [1.82, 2.24) is 15.5 Å². The zero-order valence-corrected chi connectivity index (χ0v) is 16.9. The fourth-order valence-electron chi connectivity index (χ4n) is 2.89. The van der Waals surface area contributed by atoms with Gasteiger partial charge in [-0.1, -0.05) is 34.8 Å². The Balaban J connectivity index is 1.71. The van der Waals surface area contributed by atoms with Gasteiger partial charge in [0.15, 0.2) is 11.7 Å². The average Bonchev–Trinajstić information content (AvgIpc) is 2.56. The Bertz CT molecular complexity index is 574. The molecule has 2 N–H and O–H groups in total. The third kappa shape index (κ3) is 6.74. The normalized spacial score (nSPS) is 18.9. The molecule has 0 bridgehead atoms. The Morgan fingerprint density at radius 1 is 1.28 bits per heavy atom. The van der Waals surface area contributed by atoms with E-state index in [-0.39, 0.29) is 0 Å². The van der Waals surface area contributed by atoms with Crippen LogP contribution in [-0.4, -0.2) is 57.7 Å². The van der Waals surface area contributed by atoms with E-state index in [2.05, 4.69) is 27.6 Å². The molecule has 1 heterocycles. The number of piperidine rings is 1. The van der Waals surface area contributed by atoms with Crippen LogP contribution >= 0.6 is 34.8 Å². The number of hydrogen-bond donors (Lipinski definition) is 2. The van der Waals surface area contributed by atoms with Gasteiger partial charge in [0.2, 0.25) is 0 Å². The molecule has 1 atom stereocenters. The molecule has 0 aromatic heterocycles. The van der Waals surface area contributed by atoms with Crippen molar-refractivity contribution in [2.45, 2.75) is 12.8 Å². The Kier molecular flexibility index (Phi) is 8.43. The quantitative estimate of drug-likeness (QED) is 0.430. The summed E-state index contributed by atoms with van der Waals surface area (Å²) in [5, 5.41) is 7.90. The van der Waals surface area contributed by atoms with Crippen LogP contribution < -0.4 is 15.4 Å². The number of likely N-dealkylation sites (tertiary alicyclic amines) is 1. The second-order valence-electron chi connectivity index (χ2n) is 6.20. The predicted octanol–water partition coefficient (Wildman–Crippen LogP) is 3.53. The molecule has 0 saturated carbocycles. The number of halogens is 3. The number of aliphatic imine (C=N–C) groups is 1. The molecule has 25 heavy (non-hydrogen) atoms. The van der Waals surface area contributed by atoms with E-state index in [9.17, 15) is 0 Å². The van der Waals surface area contributed by atoms with Gasteiger partial charge in [0.25, 0.3) is 0 Å². The summed E-state index contributed by atoms with van der Waals surface area (Å²) in [4.78, 5) is 6.61. The van der Waals surface area contributed by atoms with Crippen molar-refractivity contribution in [2.75, 3.05) is 46.9 Å². The maximum Gasteiger partial charge on any atom is 0.191 e. The van der Waals surface area contributed by atoms with Crippen molar-refractivity contribution < 1.29 is 4.74 Å². The van der Waals surface area contributed by atoms with E-state index in [1.807, 2.05) is 0 Å². The first kappa shape index (κ1) is 20.4. The van der Waals surface area contributed by atoms with Gasteiger partial charge in [-0.05, 0) is 44.5 Å². The number of ether oxygens (including phenoxy) is 1. The van der Waals surface area contributed by atoms with Gasteiger partial charge in [0.1, 0.15) is 6.61 Å². The minimum absolute atomic E-state index is 0.404. The zero-order valence-electron chi connectivity index (χ0n) is 14.6. The summed E-state index contributed by atoms with van der Waals surface area (Å²) in [6.07, 6.45) is 2.51. The van der Waals surface area contributed by atoms with Crippen molar-refractivity contribution in [3.63, 3.8) is 0 Å². The Morgan fingerprint density at radius 2 is 2.00 bits per heavy atom. The summed E-state index contributed by atoms with van der Waals surface area (Å²) < 4.78 is 5.65. The largest absolute Gasteiger partial charge is 0.489 e. The molecule has 5 nitrogen and oxygen atoms in total. The number of guanidine groups is 1. The SMILES string of the molecule is CN=C(NCCOc1c(Cl)cc(Cl)cc1Cl)NCC1CCCN(C)C1. The van der Waals surface area contributed by atoms with E-state index in [1.54, 1.807) is 19.2 Å². The molecule has 1 aromatic carbocycles. The lowest BCUT2D eigenvalue weighted by Crippen LogP contribution is -2.44. The van der Waals surface area contributed by atoms with E-state index < -0.39 is 0 Å². The maximum absolute atomic E-state index is 6.10. The van der Waals surface area contributed by atoms with Gasteiger partial charge < -0.3 is 20.3 Å². The number of nitrogens with zero attached hydrogens (tertiary/aromatic N) is 2. The predicted molar refractivity (Wildman–Crippen MR) is 107 cm³/mol. The highest BCUT2D eigenvalue weighted by Gasteiger charge is 2.17. The highest BCUT2D eigenvalue weighted by molar-refractivity contribution is 6.40.